The van der Waals surface area contributed by atoms with Crippen LogP contribution in [0.3, 0.4) is 0 Å². The van der Waals surface area contributed by atoms with Gasteiger partial charge in [0.1, 0.15) is 0 Å². The molecule has 0 saturated carbocycles. The first-order valence-corrected chi connectivity index (χ1v) is 5.16. The zero-order valence-electron chi connectivity index (χ0n) is 9.84. The van der Waals surface area contributed by atoms with E-state index in [1.165, 1.54) is 13.3 Å². The van der Waals surface area contributed by atoms with Crippen molar-refractivity contribution in [3.63, 3.8) is 0 Å². The Labute approximate surface area is 99.5 Å². The average molecular weight is 237 g/mol. The van der Waals surface area contributed by atoms with Crippen molar-refractivity contribution in [3.05, 3.63) is 18.0 Å². The Morgan fingerprint density at radius 3 is 3.00 bits per heavy atom. The molecule has 0 fully saturated rings. The van der Waals surface area contributed by atoms with E-state index in [1.807, 2.05) is 0 Å². The molecular weight excluding hydrogens is 222 g/mol. The Hall–Kier alpha value is -2.11. The molecule has 2 N–H and O–H groups in total. The third kappa shape index (κ3) is 4.10. The predicted molar refractivity (Wildman–Crippen MR) is 63.3 cm³/mol. The Morgan fingerprint density at radius 1 is 1.59 bits per heavy atom. The zero-order chi connectivity index (χ0) is 12.7. The lowest BCUT2D eigenvalue weighted by Crippen LogP contribution is -2.01. The summed E-state index contributed by atoms with van der Waals surface area (Å²) in [6.45, 7) is 2.14. The second kappa shape index (κ2) is 6.47. The number of hydrogen-bond acceptors (Lipinski definition) is 6. The van der Waals surface area contributed by atoms with Gasteiger partial charge in [0.05, 0.1) is 32.0 Å². The number of hydrogen-bond donors (Lipinski definition) is 1. The number of rotatable bonds is 5. The van der Waals surface area contributed by atoms with Gasteiger partial charge in [0.25, 0.3) is 5.88 Å². The maximum Gasteiger partial charge on any atom is 0.309 e. The van der Waals surface area contributed by atoms with Crippen LogP contribution in [-0.2, 0) is 9.53 Å². The lowest BCUT2D eigenvalue weighted by molar-refractivity contribution is -0.142. The fourth-order valence-corrected chi connectivity index (χ4v) is 1.12. The summed E-state index contributed by atoms with van der Waals surface area (Å²) < 4.78 is 9.70. The lowest BCUT2D eigenvalue weighted by Gasteiger charge is -2.02. The average Bonchev–Trinajstić information content (AvgIpc) is 2.31. The Bertz CT molecular complexity index is 418. The van der Waals surface area contributed by atoms with E-state index in [4.69, 9.17) is 15.2 Å². The van der Waals surface area contributed by atoms with Gasteiger partial charge < -0.3 is 15.2 Å². The summed E-state index contributed by atoms with van der Waals surface area (Å²) in [5, 5.41) is 0. The normalized spacial score (nSPS) is 10.5. The van der Waals surface area contributed by atoms with Crippen LogP contribution in [0.25, 0.3) is 6.08 Å². The SMILES string of the molecule is CCOC(=O)CC=Cc1cnc(N)c(OC)n1. The van der Waals surface area contributed by atoms with E-state index >= 15 is 0 Å². The largest absolute Gasteiger partial charge is 0.478 e. The molecule has 1 rings (SSSR count). The molecular formula is C11H15N3O3. The van der Waals surface area contributed by atoms with Crippen LogP contribution in [0.1, 0.15) is 19.0 Å². The summed E-state index contributed by atoms with van der Waals surface area (Å²) in [5.41, 5.74) is 6.09. The third-order valence-electron chi connectivity index (χ3n) is 1.86. The summed E-state index contributed by atoms with van der Waals surface area (Å²) in [7, 11) is 1.46. The minimum absolute atomic E-state index is 0.197. The number of ether oxygens (including phenoxy) is 2. The molecule has 0 bridgehead atoms. The number of aromatic nitrogens is 2. The van der Waals surface area contributed by atoms with Gasteiger partial charge in [-0.3, -0.25) is 4.79 Å². The van der Waals surface area contributed by atoms with Gasteiger partial charge >= 0.3 is 5.97 Å². The molecule has 0 aliphatic rings. The van der Waals surface area contributed by atoms with Crippen molar-refractivity contribution in [1.29, 1.82) is 0 Å². The topological polar surface area (TPSA) is 87.3 Å². The number of methoxy groups -OCH3 is 1. The van der Waals surface area contributed by atoms with Gasteiger partial charge in [0.15, 0.2) is 5.82 Å². The molecule has 0 radical (unpaired) electrons. The molecule has 0 aliphatic carbocycles. The predicted octanol–water partition coefficient (Wildman–Crippen LogP) is 1.03. The third-order valence-corrected chi connectivity index (χ3v) is 1.86. The van der Waals surface area contributed by atoms with Gasteiger partial charge in [-0.05, 0) is 13.0 Å². The van der Waals surface area contributed by atoms with E-state index < -0.39 is 0 Å². The van der Waals surface area contributed by atoms with Gasteiger partial charge in [-0.1, -0.05) is 6.08 Å². The van der Waals surface area contributed by atoms with Crippen LogP contribution in [0.2, 0.25) is 0 Å². The van der Waals surface area contributed by atoms with E-state index in [0.717, 1.165) is 0 Å². The van der Waals surface area contributed by atoms with Gasteiger partial charge in [-0.2, -0.15) is 0 Å². The fraction of sp³-hybridized carbons (Fsp3) is 0.364. The van der Waals surface area contributed by atoms with Gasteiger partial charge in [-0.15, -0.1) is 0 Å². The maximum atomic E-state index is 11.1. The van der Waals surface area contributed by atoms with Crippen molar-refractivity contribution >= 4 is 17.9 Å². The van der Waals surface area contributed by atoms with Crippen molar-refractivity contribution in [1.82, 2.24) is 9.97 Å². The van der Waals surface area contributed by atoms with Crippen LogP contribution in [0.15, 0.2) is 12.3 Å². The van der Waals surface area contributed by atoms with Crippen molar-refractivity contribution in [2.45, 2.75) is 13.3 Å². The summed E-state index contributed by atoms with van der Waals surface area (Å²) >= 11 is 0. The highest BCUT2D eigenvalue weighted by atomic mass is 16.5. The Kier molecular flexibility index (Phi) is 4.93. The molecule has 6 heteroatoms. The minimum atomic E-state index is -0.279. The molecule has 1 aromatic heterocycles. The summed E-state index contributed by atoms with van der Waals surface area (Å²) in [5.74, 6) is 0.220. The molecule has 0 aliphatic heterocycles. The lowest BCUT2D eigenvalue weighted by atomic mass is 10.3. The highest BCUT2D eigenvalue weighted by molar-refractivity contribution is 5.72. The van der Waals surface area contributed by atoms with Gasteiger partial charge in [-0.25, -0.2) is 9.97 Å². The molecule has 0 amide bonds. The summed E-state index contributed by atoms with van der Waals surface area (Å²) in [4.78, 5) is 19.0. The number of nitrogens with two attached hydrogens (primary N) is 1. The highest BCUT2D eigenvalue weighted by Crippen LogP contribution is 2.14. The molecule has 0 aromatic carbocycles. The van der Waals surface area contributed by atoms with Crippen LogP contribution < -0.4 is 10.5 Å². The van der Waals surface area contributed by atoms with Crippen LogP contribution in [0.4, 0.5) is 5.82 Å². The number of carbonyl (C=O) groups is 1. The van der Waals surface area contributed by atoms with E-state index in [2.05, 4.69) is 9.97 Å². The first-order valence-electron chi connectivity index (χ1n) is 5.16. The number of nitrogen functional groups attached to an aromatic ring is 1. The quantitative estimate of drug-likeness (QED) is 0.770. The molecule has 1 heterocycles. The van der Waals surface area contributed by atoms with E-state index in [9.17, 15) is 4.79 Å². The first-order chi connectivity index (χ1) is 8.17. The fourth-order valence-electron chi connectivity index (χ4n) is 1.12. The molecule has 0 spiro atoms. The monoisotopic (exact) mass is 237 g/mol. The first kappa shape index (κ1) is 13.0. The standard InChI is InChI=1S/C11H15N3O3/c1-3-17-9(15)6-4-5-8-7-13-10(12)11(14-8)16-2/h4-5,7H,3,6H2,1-2H3,(H2,12,13). The number of anilines is 1. The van der Waals surface area contributed by atoms with Gasteiger partial charge in [0.2, 0.25) is 0 Å². The molecule has 92 valence electrons. The van der Waals surface area contributed by atoms with Crippen molar-refractivity contribution in [2.75, 3.05) is 19.5 Å². The second-order valence-corrected chi connectivity index (χ2v) is 3.10. The zero-order valence-corrected chi connectivity index (χ0v) is 9.84. The van der Waals surface area contributed by atoms with Gasteiger partial charge in [0, 0.05) is 0 Å². The number of nitrogens with zero attached hydrogens (tertiary/aromatic N) is 2. The second-order valence-electron chi connectivity index (χ2n) is 3.10. The number of esters is 1. The van der Waals surface area contributed by atoms with Crippen LogP contribution in [-0.4, -0.2) is 29.7 Å². The molecule has 0 unspecified atom stereocenters. The molecule has 1 aromatic rings. The van der Waals surface area contributed by atoms with Crippen LogP contribution in [0.5, 0.6) is 5.88 Å². The number of carbonyl (C=O) groups excluding carboxylic acids is 1. The van der Waals surface area contributed by atoms with E-state index in [-0.39, 0.29) is 24.1 Å². The molecule has 6 nitrogen and oxygen atoms in total. The highest BCUT2D eigenvalue weighted by Gasteiger charge is 2.02. The van der Waals surface area contributed by atoms with E-state index in [0.29, 0.717) is 12.3 Å². The Balaban J connectivity index is 2.62. The summed E-state index contributed by atoms with van der Waals surface area (Å²) in [6, 6.07) is 0. The van der Waals surface area contributed by atoms with Crippen molar-refractivity contribution < 1.29 is 14.3 Å². The smallest absolute Gasteiger partial charge is 0.309 e. The maximum absolute atomic E-state index is 11.1. The van der Waals surface area contributed by atoms with Crippen LogP contribution in [0, 0.1) is 0 Å². The Morgan fingerprint density at radius 2 is 2.35 bits per heavy atom. The van der Waals surface area contributed by atoms with Crippen molar-refractivity contribution in [2.24, 2.45) is 0 Å². The summed E-state index contributed by atoms with van der Waals surface area (Å²) in [6.07, 6.45) is 5.01. The van der Waals surface area contributed by atoms with Crippen LogP contribution >= 0.6 is 0 Å². The van der Waals surface area contributed by atoms with Crippen molar-refractivity contribution in [3.8, 4) is 5.88 Å². The molecule has 17 heavy (non-hydrogen) atoms. The van der Waals surface area contributed by atoms with E-state index in [1.54, 1.807) is 19.1 Å². The molecule has 0 atom stereocenters. The molecule has 0 saturated heterocycles. The minimum Gasteiger partial charge on any atom is -0.478 e.